The standard InChI is InChI=1S/C24H28N4O4/c29-23(19-10-14-26(15-11-19)21-8-1-2-9-22(21)28(31)32)25-17-18-6-5-7-20(16-18)24(30)27-12-3-4-13-27/h1-2,5-9,16,19H,3-4,10-15,17H2,(H,25,29). The summed E-state index contributed by atoms with van der Waals surface area (Å²) in [5, 5.41) is 14.3. The third-order valence-corrected chi connectivity index (χ3v) is 6.32. The Balaban J connectivity index is 1.30. The number of anilines is 1. The van der Waals surface area contributed by atoms with Crippen LogP contribution >= 0.6 is 0 Å². The van der Waals surface area contributed by atoms with Crippen LogP contribution < -0.4 is 10.2 Å². The van der Waals surface area contributed by atoms with E-state index in [2.05, 4.69) is 5.32 Å². The van der Waals surface area contributed by atoms with E-state index in [-0.39, 0.29) is 28.3 Å². The van der Waals surface area contributed by atoms with Gasteiger partial charge in [0.25, 0.3) is 11.6 Å². The van der Waals surface area contributed by atoms with Gasteiger partial charge in [0.1, 0.15) is 5.69 Å². The SMILES string of the molecule is O=C(NCc1cccc(C(=O)N2CCCC2)c1)C1CCN(c2ccccc2[N+](=O)[O-])CC1. The number of nitro groups is 1. The van der Waals surface area contributed by atoms with E-state index in [1.807, 2.05) is 34.1 Å². The Hall–Kier alpha value is -3.42. The van der Waals surface area contributed by atoms with E-state index in [1.54, 1.807) is 18.2 Å². The molecule has 168 valence electrons. The molecule has 0 atom stereocenters. The quantitative estimate of drug-likeness (QED) is 0.553. The van der Waals surface area contributed by atoms with Gasteiger partial charge < -0.3 is 15.1 Å². The normalized spacial score (nSPS) is 16.8. The zero-order chi connectivity index (χ0) is 22.5. The predicted octanol–water partition coefficient (Wildman–Crippen LogP) is 3.36. The molecule has 0 bridgehead atoms. The van der Waals surface area contributed by atoms with Crippen molar-refractivity contribution in [2.24, 2.45) is 5.92 Å². The molecule has 2 amide bonds. The fourth-order valence-electron chi connectivity index (χ4n) is 4.52. The van der Waals surface area contributed by atoms with Crippen LogP contribution in [0.1, 0.15) is 41.6 Å². The number of piperidine rings is 1. The molecule has 4 rings (SSSR count). The Morgan fingerprint density at radius 2 is 1.72 bits per heavy atom. The molecular formula is C24H28N4O4. The minimum absolute atomic E-state index is 0.0107. The first-order valence-electron chi connectivity index (χ1n) is 11.2. The maximum Gasteiger partial charge on any atom is 0.292 e. The lowest BCUT2D eigenvalue weighted by Crippen LogP contribution is -2.40. The second-order valence-corrected chi connectivity index (χ2v) is 8.42. The highest BCUT2D eigenvalue weighted by Gasteiger charge is 2.28. The van der Waals surface area contributed by atoms with Crippen molar-refractivity contribution in [3.63, 3.8) is 0 Å². The van der Waals surface area contributed by atoms with E-state index in [4.69, 9.17) is 0 Å². The molecule has 0 unspecified atom stereocenters. The number of nitrogens with zero attached hydrogens (tertiary/aromatic N) is 3. The first-order chi connectivity index (χ1) is 15.5. The van der Waals surface area contributed by atoms with Crippen molar-refractivity contribution in [3.8, 4) is 0 Å². The van der Waals surface area contributed by atoms with Gasteiger partial charge in [0.05, 0.1) is 4.92 Å². The molecule has 8 nitrogen and oxygen atoms in total. The van der Waals surface area contributed by atoms with Crippen LogP contribution in [0.5, 0.6) is 0 Å². The fraction of sp³-hybridized carbons (Fsp3) is 0.417. The van der Waals surface area contributed by atoms with Crippen LogP contribution in [0.25, 0.3) is 0 Å². The molecule has 0 spiro atoms. The third kappa shape index (κ3) is 4.90. The molecule has 0 aromatic heterocycles. The number of para-hydroxylation sites is 2. The molecular weight excluding hydrogens is 408 g/mol. The number of rotatable bonds is 6. The minimum atomic E-state index is -0.364. The predicted molar refractivity (Wildman–Crippen MR) is 121 cm³/mol. The average Bonchev–Trinajstić information content (AvgIpc) is 3.37. The zero-order valence-electron chi connectivity index (χ0n) is 18.0. The Morgan fingerprint density at radius 3 is 2.44 bits per heavy atom. The van der Waals surface area contributed by atoms with Crippen molar-refractivity contribution < 1.29 is 14.5 Å². The Morgan fingerprint density at radius 1 is 1.00 bits per heavy atom. The van der Waals surface area contributed by atoms with Crippen molar-refractivity contribution in [1.82, 2.24) is 10.2 Å². The van der Waals surface area contributed by atoms with Crippen molar-refractivity contribution in [2.45, 2.75) is 32.2 Å². The number of nitrogens with one attached hydrogen (secondary N) is 1. The molecule has 1 N–H and O–H groups in total. The highest BCUT2D eigenvalue weighted by Crippen LogP contribution is 2.31. The molecule has 2 heterocycles. The molecule has 0 saturated carbocycles. The summed E-state index contributed by atoms with van der Waals surface area (Å²) in [6.45, 7) is 3.20. The minimum Gasteiger partial charge on any atom is -0.366 e. The number of hydrogen-bond acceptors (Lipinski definition) is 5. The summed E-state index contributed by atoms with van der Waals surface area (Å²) < 4.78 is 0. The Labute approximate surface area is 187 Å². The second kappa shape index (κ2) is 9.80. The number of hydrogen-bond donors (Lipinski definition) is 1. The van der Waals surface area contributed by atoms with Gasteiger partial charge in [0, 0.05) is 50.3 Å². The molecule has 2 aromatic carbocycles. The fourth-order valence-corrected chi connectivity index (χ4v) is 4.52. The van der Waals surface area contributed by atoms with E-state index < -0.39 is 0 Å². The van der Waals surface area contributed by atoms with Gasteiger partial charge in [0.15, 0.2) is 0 Å². The summed E-state index contributed by atoms with van der Waals surface area (Å²) in [5.74, 6) is -0.0787. The lowest BCUT2D eigenvalue weighted by molar-refractivity contribution is -0.384. The molecule has 8 heteroatoms. The smallest absolute Gasteiger partial charge is 0.292 e. The van der Waals surface area contributed by atoms with Crippen LogP contribution in [0.15, 0.2) is 48.5 Å². The largest absolute Gasteiger partial charge is 0.366 e. The monoisotopic (exact) mass is 436 g/mol. The summed E-state index contributed by atoms with van der Waals surface area (Å²) in [6, 6.07) is 14.2. The lowest BCUT2D eigenvalue weighted by Gasteiger charge is -2.32. The molecule has 0 radical (unpaired) electrons. The van der Waals surface area contributed by atoms with Gasteiger partial charge in [-0.1, -0.05) is 24.3 Å². The van der Waals surface area contributed by atoms with Crippen molar-refractivity contribution >= 4 is 23.2 Å². The van der Waals surface area contributed by atoms with E-state index in [0.717, 1.165) is 31.5 Å². The van der Waals surface area contributed by atoms with Gasteiger partial charge >= 0.3 is 0 Å². The summed E-state index contributed by atoms with van der Waals surface area (Å²) in [4.78, 5) is 40.1. The van der Waals surface area contributed by atoms with Gasteiger partial charge in [-0.25, -0.2) is 0 Å². The van der Waals surface area contributed by atoms with E-state index in [1.165, 1.54) is 6.07 Å². The first-order valence-corrected chi connectivity index (χ1v) is 11.2. The average molecular weight is 437 g/mol. The molecule has 2 aliphatic heterocycles. The number of carbonyl (C=O) groups excluding carboxylic acids is 2. The lowest BCUT2D eigenvalue weighted by atomic mass is 9.95. The molecule has 2 saturated heterocycles. The summed E-state index contributed by atoms with van der Waals surface area (Å²) in [7, 11) is 0. The van der Waals surface area contributed by atoms with Crippen molar-refractivity contribution in [3.05, 3.63) is 69.8 Å². The Bertz CT molecular complexity index is 995. The first kappa shape index (κ1) is 21.8. The highest BCUT2D eigenvalue weighted by molar-refractivity contribution is 5.94. The van der Waals surface area contributed by atoms with E-state index >= 15 is 0 Å². The van der Waals surface area contributed by atoms with Crippen LogP contribution in [0.2, 0.25) is 0 Å². The number of nitro benzene ring substituents is 1. The third-order valence-electron chi connectivity index (χ3n) is 6.32. The van der Waals surface area contributed by atoms with Gasteiger partial charge in [-0.05, 0) is 49.4 Å². The topological polar surface area (TPSA) is 95.8 Å². The number of carbonyl (C=O) groups is 2. The zero-order valence-corrected chi connectivity index (χ0v) is 18.0. The van der Waals surface area contributed by atoms with Crippen LogP contribution in [0.4, 0.5) is 11.4 Å². The van der Waals surface area contributed by atoms with Crippen LogP contribution in [0, 0.1) is 16.0 Å². The van der Waals surface area contributed by atoms with Crippen LogP contribution in [-0.4, -0.2) is 47.8 Å². The number of benzene rings is 2. The van der Waals surface area contributed by atoms with E-state index in [9.17, 15) is 19.7 Å². The number of likely N-dealkylation sites (tertiary alicyclic amines) is 1. The molecule has 2 aromatic rings. The Kier molecular flexibility index (Phi) is 6.68. The molecule has 32 heavy (non-hydrogen) atoms. The molecule has 0 aliphatic carbocycles. The van der Waals surface area contributed by atoms with Crippen LogP contribution in [0.3, 0.4) is 0 Å². The van der Waals surface area contributed by atoms with Crippen molar-refractivity contribution in [2.75, 3.05) is 31.1 Å². The van der Waals surface area contributed by atoms with Crippen LogP contribution in [-0.2, 0) is 11.3 Å². The number of amides is 2. The van der Waals surface area contributed by atoms with Crippen molar-refractivity contribution in [1.29, 1.82) is 0 Å². The second-order valence-electron chi connectivity index (χ2n) is 8.42. The molecule has 2 aliphatic rings. The summed E-state index contributed by atoms with van der Waals surface area (Å²) >= 11 is 0. The van der Waals surface area contributed by atoms with Gasteiger partial charge in [-0.3, -0.25) is 19.7 Å². The highest BCUT2D eigenvalue weighted by atomic mass is 16.6. The van der Waals surface area contributed by atoms with E-state index in [0.29, 0.717) is 43.7 Å². The van der Waals surface area contributed by atoms with Gasteiger partial charge in [0.2, 0.25) is 5.91 Å². The van der Waals surface area contributed by atoms with Gasteiger partial charge in [-0.2, -0.15) is 0 Å². The maximum atomic E-state index is 12.7. The molecule has 2 fully saturated rings. The maximum absolute atomic E-state index is 12.7. The summed E-state index contributed by atoms with van der Waals surface area (Å²) in [5.41, 5.74) is 2.27. The van der Waals surface area contributed by atoms with Gasteiger partial charge in [-0.15, -0.1) is 0 Å². The summed E-state index contributed by atoms with van der Waals surface area (Å²) in [6.07, 6.45) is 3.40.